The number of rotatable bonds is 3. The molecule has 0 bridgehead atoms. The number of thiophene rings is 1. The zero-order valence-electron chi connectivity index (χ0n) is 11.0. The third-order valence-corrected chi connectivity index (χ3v) is 4.75. The van der Waals surface area contributed by atoms with Crippen molar-refractivity contribution in [1.82, 2.24) is 0 Å². The quantitative estimate of drug-likeness (QED) is 0.821. The van der Waals surface area contributed by atoms with Crippen LogP contribution in [0, 0.1) is 11.3 Å². The van der Waals surface area contributed by atoms with Crippen LogP contribution in [0.3, 0.4) is 0 Å². The number of nitrogens with zero attached hydrogens (tertiary/aromatic N) is 2. The SMILES string of the molecule is CCC(=O)c1sc(N2CCC(N)CC2)c(C#N)c1N. The molecule has 0 atom stereocenters. The topological polar surface area (TPSA) is 96.1 Å². The number of carbonyl (C=O) groups is 1. The first kappa shape index (κ1) is 13.8. The van der Waals surface area contributed by atoms with Crippen molar-refractivity contribution in [1.29, 1.82) is 5.26 Å². The summed E-state index contributed by atoms with van der Waals surface area (Å²) in [6, 6.07) is 2.36. The van der Waals surface area contributed by atoms with E-state index < -0.39 is 0 Å². The van der Waals surface area contributed by atoms with Crippen LogP contribution in [-0.2, 0) is 0 Å². The zero-order chi connectivity index (χ0) is 14.0. The van der Waals surface area contributed by atoms with Crippen LogP contribution in [0.1, 0.15) is 41.4 Å². The molecule has 19 heavy (non-hydrogen) atoms. The molecule has 1 aliphatic heterocycles. The maximum absolute atomic E-state index is 11.8. The van der Waals surface area contributed by atoms with Crippen molar-refractivity contribution in [3.63, 3.8) is 0 Å². The summed E-state index contributed by atoms with van der Waals surface area (Å²) < 4.78 is 0. The van der Waals surface area contributed by atoms with E-state index in [2.05, 4.69) is 11.0 Å². The van der Waals surface area contributed by atoms with Crippen LogP contribution in [0.25, 0.3) is 0 Å². The molecule has 2 heterocycles. The molecule has 2 rings (SSSR count). The van der Waals surface area contributed by atoms with E-state index in [0.717, 1.165) is 30.9 Å². The van der Waals surface area contributed by atoms with Crippen LogP contribution < -0.4 is 16.4 Å². The molecule has 1 aliphatic rings. The van der Waals surface area contributed by atoms with Crippen LogP contribution in [0.2, 0.25) is 0 Å². The maximum Gasteiger partial charge on any atom is 0.174 e. The Morgan fingerprint density at radius 1 is 1.53 bits per heavy atom. The summed E-state index contributed by atoms with van der Waals surface area (Å²) in [4.78, 5) is 14.5. The molecule has 1 aromatic rings. The Balaban J connectivity index is 2.35. The van der Waals surface area contributed by atoms with Crippen molar-refractivity contribution in [3.8, 4) is 6.07 Å². The summed E-state index contributed by atoms with van der Waals surface area (Å²) in [6.45, 7) is 3.43. The smallest absolute Gasteiger partial charge is 0.174 e. The van der Waals surface area contributed by atoms with Crippen molar-refractivity contribution in [2.75, 3.05) is 23.7 Å². The Labute approximate surface area is 116 Å². The largest absolute Gasteiger partial charge is 0.396 e. The van der Waals surface area contributed by atoms with Crippen molar-refractivity contribution < 1.29 is 4.79 Å². The number of Topliss-reactive ketones (excluding diaryl/α,β-unsaturated/α-hetero) is 1. The second kappa shape index (κ2) is 5.59. The van der Waals surface area contributed by atoms with Gasteiger partial charge in [-0.3, -0.25) is 4.79 Å². The standard InChI is InChI=1S/C13H18N4OS/c1-2-10(18)12-11(16)9(7-14)13(19-12)17-5-3-8(15)4-6-17/h8H,2-6,15-16H2,1H3. The van der Waals surface area contributed by atoms with E-state index in [-0.39, 0.29) is 11.8 Å². The molecule has 0 unspecified atom stereocenters. The average molecular weight is 278 g/mol. The van der Waals surface area contributed by atoms with Gasteiger partial charge in [-0.05, 0) is 12.8 Å². The lowest BCUT2D eigenvalue weighted by Crippen LogP contribution is -2.39. The van der Waals surface area contributed by atoms with E-state index in [1.54, 1.807) is 6.92 Å². The fourth-order valence-electron chi connectivity index (χ4n) is 2.23. The summed E-state index contributed by atoms with van der Waals surface area (Å²) in [7, 11) is 0. The summed E-state index contributed by atoms with van der Waals surface area (Å²) >= 11 is 1.34. The van der Waals surface area contributed by atoms with E-state index in [9.17, 15) is 10.1 Å². The number of nitriles is 1. The van der Waals surface area contributed by atoms with E-state index in [0.29, 0.717) is 22.5 Å². The minimum absolute atomic E-state index is 0.000962. The molecule has 0 aromatic carbocycles. The van der Waals surface area contributed by atoms with Gasteiger partial charge in [0.05, 0.1) is 10.6 Å². The van der Waals surface area contributed by atoms with Crippen LogP contribution in [0.4, 0.5) is 10.7 Å². The molecule has 6 heteroatoms. The average Bonchev–Trinajstić information content (AvgIpc) is 2.75. The number of nitrogen functional groups attached to an aromatic ring is 1. The van der Waals surface area contributed by atoms with Crippen LogP contribution >= 0.6 is 11.3 Å². The first-order valence-corrected chi connectivity index (χ1v) is 7.26. The molecule has 1 aromatic heterocycles. The van der Waals surface area contributed by atoms with E-state index in [1.165, 1.54) is 11.3 Å². The highest BCUT2D eigenvalue weighted by Gasteiger charge is 2.25. The molecule has 1 saturated heterocycles. The molecular weight excluding hydrogens is 260 g/mol. The molecule has 0 saturated carbocycles. The molecule has 0 aliphatic carbocycles. The maximum atomic E-state index is 11.8. The van der Waals surface area contributed by atoms with Crippen molar-refractivity contribution in [3.05, 3.63) is 10.4 Å². The fourth-order valence-corrected chi connectivity index (χ4v) is 3.47. The van der Waals surface area contributed by atoms with Crippen LogP contribution in [0.15, 0.2) is 0 Å². The van der Waals surface area contributed by atoms with Gasteiger partial charge in [0.25, 0.3) is 0 Å². The number of ketones is 1. The molecular formula is C13H18N4OS. The Morgan fingerprint density at radius 3 is 2.68 bits per heavy atom. The lowest BCUT2D eigenvalue weighted by Gasteiger charge is -2.31. The summed E-state index contributed by atoms with van der Waals surface area (Å²) in [5.41, 5.74) is 12.6. The molecule has 0 spiro atoms. The molecule has 102 valence electrons. The van der Waals surface area contributed by atoms with Crippen molar-refractivity contribution in [2.45, 2.75) is 32.2 Å². The molecule has 5 nitrogen and oxygen atoms in total. The van der Waals surface area contributed by atoms with Gasteiger partial charge in [-0.1, -0.05) is 6.92 Å². The van der Waals surface area contributed by atoms with Gasteiger partial charge in [-0.25, -0.2) is 0 Å². The highest BCUT2D eigenvalue weighted by molar-refractivity contribution is 7.19. The fraction of sp³-hybridized carbons (Fsp3) is 0.538. The summed E-state index contributed by atoms with van der Waals surface area (Å²) in [6.07, 6.45) is 2.21. The number of piperidine rings is 1. The Morgan fingerprint density at radius 2 is 2.16 bits per heavy atom. The lowest BCUT2D eigenvalue weighted by atomic mass is 10.1. The molecule has 0 amide bonds. The van der Waals surface area contributed by atoms with Gasteiger partial charge in [-0.2, -0.15) is 5.26 Å². The number of hydrogen-bond acceptors (Lipinski definition) is 6. The predicted molar refractivity (Wildman–Crippen MR) is 77.5 cm³/mol. The third-order valence-electron chi connectivity index (χ3n) is 3.44. The van der Waals surface area contributed by atoms with Crippen LogP contribution in [-0.4, -0.2) is 24.9 Å². The number of carbonyl (C=O) groups excluding carboxylic acids is 1. The van der Waals surface area contributed by atoms with E-state index in [4.69, 9.17) is 11.5 Å². The van der Waals surface area contributed by atoms with Gasteiger partial charge >= 0.3 is 0 Å². The second-order valence-corrected chi connectivity index (χ2v) is 5.74. The van der Waals surface area contributed by atoms with Crippen LogP contribution in [0.5, 0.6) is 0 Å². The van der Waals surface area contributed by atoms with Gasteiger partial charge in [0.15, 0.2) is 5.78 Å². The minimum atomic E-state index is -0.000962. The summed E-state index contributed by atoms with van der Waals surface area (Å²) in [5.74, 6) is -0.000962. The Bertz CT molecular complexity index is 523. The second-order valence-electron chi connectivity index (χ2n) is 4.74. The van der Waals surface area contributed by atoms with Gasteiger partial charge in [-0.15, -0.1) is 11.3 Å². The summed E-state index contributed by atoms with van der Waals surface area (Å²) in [5, 5.41) is 10.1. The number of anilines is 2. The number of hydrogen-bond donors (Lipinski definition) is 2. The predicted octanol–water partition coefficient (Wildman–Crippen LogP) is 1.72. The molecule has 4 N–H and O–H groups in total. The molecule has 0 radical (unpaired) electrons. The lowest BCUT2D eigenvalue weighted by molar-refractivity contribution is 0.0993. The first-order valence-electron chi connectivity index (χ1n) is 6.44. The highest BCUT2D eigenvalue weighted by Crippen LogP contribution is 2.39. The highest BCUT2D eigenvalue weighted by atomic mass is 32.1. The van der Waals surface area contributed by atoms with Gasteiger partial charge < -0.3 is 16.4 Å². The molecule has 1 fully saturated rings. The van der Waals surface area contributed by atoms with Gasteiger partial charge in [0.1, 0.15) is 16.6 Å². The minimum Gasteiger partial charge on any atom is -0.396 e. The van der Waals surface area contributed by atoms with Crippen molar-refractivity contribution >= 4 is 27.8 Å². The van der Waals surface area contributed by atoms with E-state index in [1.807, 2.05) is 0 Å². The Kier molecular flexibility index (Phi) is 4.08. The van der Waals surface area contributed by atoms with E-state index >= 15 is 0 Å². The van der Waals surface area contributed by atoms with Gasteiger partial charge in [0.2, 0.25) is 0 Å². The van der Waals surface area contributed by atoms with Gasteiger partial charge in [0, 0.05) is 25.6 Å². The zero-order valence-corrected chi connectivity index (χ0v) is 11.8. The Hall–Kier alpha value is -1.58. The monoisotopic (exact) mass is 278 g/mol. The normalized spacial score (nSPS) is 16.4. The third kappa shape index (κ3) is 2.57. The first-order chi connectivity index (χ1) is 9.08. The van der Waals surface area contributed by atoms with Crippen molar-refractivity contribution in [2.24, 2.45) is 5.73 Å². The number of nitrogens with two attached hydrogens (primary N) is 2.